The van der Waals surface area contributed by atoms with Gasteiger partial charge < -0.3 is 0 Å². The molecular formula is C9H15FS. The number of hydrogen-bond acceptors (Lipinski definition) is 1. The van der Waals surface area contributed by atoms with E-state index in [-0.39, 0.29) is 4.75 Å². The van der Waals surface area contributed by atoms with Gasteiger partial charge in [-0.1, -0.05) is 6.92 Å². The van der Waals surface area contributed by atoms with Crippen molar-refractivity contribution in [2.45, 2.75) is 50.2 Å². The fourth-order valence-corrected chi connectivity index (χ4v) is 2.99. The van der Waals surface area contributed by atoms with Gasteiger partial charge in [0, 0.05) is 4.75 Å². The molecule has 2 heteroatoms. The average Bonchev–Trinajstić information content (AvgIpc) is 2.07. The van der Waals surface area contributed by atoms with E-state index in [0.29, 0.717) is 17.6 Å². The van der Waals surface area contributed by atoms with E-state index in [1.807, 2.05) is 0 Å². The number of hydrogen-bond donors (Lipinski definition) is 0. The van der Waals surface area contributed by atoms with Crippen molar-refractivity contribution in [1.29, 1.82) is 0 Å². The van der Waals surface area contributed by atoms with Gasteiger partial charge in [0.05, 0.1) is 12.1 Å². The minimum Gasteiger partial charge on any atom is -0.165 e. The average molecular weight is 174 g/mol. The monoisotopic (exact) mass is 174 g/mol. The fraction of sp³-hybridized carbons (Fsp3) is 1.00. The van der Waals surface area contributed by atoms with Crippen LogP contribution in [0.1, 0.15) is 45.4 Å². The lowest BCUT2D eigenvalue weighted by molar-refractivity contribution is 0.101. The van der Waals surface area contributed by atoms with Crippen LogP contribution in [0.2, 0.25) is 0 Å². The Kier molecular flexibility index (Phi) is 1.71. The van der Waals surface area contributed by atoms with Gasteiger partial charge >= 0.3 is 0 Å². The second-order valence-electron chi connectivity index (χ2n) is 4.57. The Balaban J connectivity index is 2.12. The summed E-state index contributed by atoms with van der Waals surface area (Å²) < 4.78 is 12.7. The zero-order valence-corrected chi connectivity index (χ0v) is 7.85. The Morgan fingerprint density at radius 3 is 1.82 bits per heavy atom. The van der Waals surface area contributed by atoms with Crippen molar-refractivity contribution >= 4 is 12.1 Å². The van der Waals surface area contributed by atoms with E-state index in [0.717, 1.165) is 19.3 Å². The van der Waals surface area contributed by atoms with Gasteiger partial charge in [0.1, 0.15) is 0 Å². The zero-order chi connectivity index (χ0) is 7.95. The summed E-state index contributed by atoms with van der Waals surface area (Å²) in [6.45, 7) is 2.36. The highest BCUT2D eigenvalue weighted by Crippen LogP contribution is 2.57. The molecule has 64 valence electrons. The first-order valence-electron chi connectivity index (χ1n) is 4.48. The van der Waals surface area contributed by atoms with Crippen LogP contribution < -0.4 is 0 Å². The van der Waals surface area contributed by atoms with E-state index in [9.17, 15) is 3.89 Å². The van der Waals surface area contributed by atoms with Gasteiger partial charge in [0.2, 0.25) is 0 Å². The van der Waals surface area contributed by atoms with E-state index in [4.69, 9.17) is 0 Å². The maximum atomic E-state index is 12.6. The van der Waals surface area contributed by atoms with Gasteiger partial charge in [-0.2, -0.15) is 3.89 Å². The Bertz CT molecular complexity index is 142. The largest absolute Gasteiger partial charge is 0.165 e. The van der Waals surface area contributed by atoms with Gasteiger partial charge in [0.25, 0.3) is 0 Å². The first kappa shape index (κ1) is 7.90. The highest BCUT2D eigenvalue weighted by molar-refractivity contribution is 7.95. The normalized spacial score (nSPS) is 49.6. The molecule has 3 saturated carbocycles. The van der Waals surface area contributed by atoms with Gasteiger partial charge in [-0.15, -0.1) is 0 Å². The van der Waals surface area contributed by atoms with Crippen LogP contribution >= 0.6 is 12.1 Å². The van der Waals surface area contributed by atoms with Crippen molar-refractivity contribution in [3.63, 3.8) is 0 Å². The predicted molar refractivity (Wildman–Crippen MR) is 47.2 cm³/mol. The van der Waals surface area contributed by atoms with Gasteiger partial charge in [0.15, 0.2) is 0 Å². The molecule has 0 aliphatic heterocycles. The number of fused-ring (bicyclic) bond motifs is 3. The summed E-state index contributed by atoms with van der Waals surface area (Å²) in [5.41, 5.74) is 0.581. The highest BCUT2D eigenvalue weighted by atomic mass is 32.2. The third-order valence-electron chi connectivity index (χ3n) is 3.72. The molecule has 0 radical (unpaired) electrons. The van der Waals surface area contributed by atoms with Crippen molar-refractivity contribution < 1.29 is 3.89 Å². The molecule has 0 aromatic carbocycles. The van der Waals surface area contributed by atoms with Gasteiger partial charge in [-0.25, -0.2) is 0 Å². The smallest absolute Gasteiger partial charge is 0.0511 e. The van der Waals surface area contributed by atoms with E-state index in [1.54, 1.807) is 0 Å². The molecule has 0 amide bonds. The summed E-state index contributed by atoms with van der Waals surface area (Å²) >= 11 is 0.630. The van der Waals surface area contributed by atoms with Crippen LogP contribution in [-0.2, 0) is 0 Å². The second kappa shape index (κ2) is 2.38. The molecular weight excluding hydrogens is 159 g/mol. The molecule has 3 aliphatic carbocycles. The summed E-state index contributed by atoms with van der Waals surface area (Å²) in [6, 6.07) is 0. The molecule has 0 atom stereocenters. The van der Waals surface area contributed by atoms with Crippen LogP contribution in [0.3, 0.4) is 0 Å². The van der Waals surface area contributed by atoms with Crippen LogP contribution in [0.4, 0.5) is 3.89 Å². The third-order valence-corrected chi connectivity index (χ3v) is 4.66. The minimum absolute atomic E-state index is 0.0533. The molecule has 0 nitrogen and oxygen atoms in total. The first-order valence-corrected chi connectivity index (χ1v) is 5.20. The highest BCUT2D eigenvalue weighted by Gasteiger charge is 2.47. The topological polar surface area (TPSA) is 0 Å². The first-order chi connectivity index (χ1) is 5.18. The van der Waals surface area contributed by atoms with Gasteiger partial charge in [-0.05, 0) is 43.9 Å². The summed E-state index contributed by atoms with van der Waals surface area (Å²) in [5.74, 6) is 0. The Hall–Kier alpha value is 0.280. The van der Waals surface area contributed by atoms with E-state index >= 15 is 0 Å². The lowest BCUT2D eigenvalue weighted by atomic mass is 9.61. The Labute approximate surface area is 72.2 Å². The van der Waals surface area contributed by atoms with Crippen molar-refractivity contribution in [2.75, 3.05) is 0 Å². The quantitative estimate of drug-likeness (QED) is 0.584. The van der Waals surface area contributed by atoms with Crippen LogP contribution in [-0.4, -0.2) is 4.75 Å². The standard InChI is InChI=1S/C9H15FS/c1-8-2-5-9(11-10,6-3-8)7-4-8/h2-7H2,1H3. The maximum Gasteiger partial charge on any atom is 0.0511 e. The molecule has 3 rings (SSSR count). The predicted octanol–water partition coefficient (Wildman–Crippen LogP) is 3.72. The number of rotatable bonds is 1. The van der Waals surface area contributed by atoms with Crippen molar-refractivity contribution in [1.82, 2.24) is 0 Å². The van der Waals surface area contributed by atoms with E-state index in [1.165, 1.54) is 19.3 Å². The summed E-state index contributed by atoms with van der Waals surface area (Å²) in [6.07, 6.45) is 7.11. The molecule has 0 aromatic heterocycles. The van der Waals surface area contributed by atoms with Crippen LogP contribution in [0, 0.1) is 5.41 Å². The molecule has 0 heterocycles. The molecule has 2 bridgehead atoms. The summed E-state index contributed by atoms with van der Waals surface area (Å²) in [7, 11) is 0. The van der Waals surface area contributed by atoms with Gasteiger partial charge in [-0.3, -0.25) is 0 Å². The summed E-state index contributed by atoms with van der Waals surface area (Å²) in [4.78, 5) is 0. The molecule has 0 spiro atoms. The van der Waals surface area contributed by atoms with E-state index in [2.05, 4.69) is 6.92 Å². The summed E-state index contributed by atoms with van der Waals surface area (Å²) in [5, 5.41) is 0. The molecule has 0 unspecified atom stereocenters. The van der Waals surface area contributed by atoms with Crippen molar-refractivity contribution in [2.24, 2.45) is 5.41 Å². The molecule has 0 aromatic rings. The SMILES string of the molecule is CC12CCC(SF)(CC1)CC2. The Morgan fingerprint density at radius 1 is 1.00 bits per heavy atom. The molecule has 3 aliphatic rings. The second-order valence-corrected chi connectivity index (χ2v) is 5.59. The zero-order valence-electron chi connectivity index (χ0n) is 7.03. The maximum absolute atomic E-state index is 12.6. The third kappa shape index (κ3) is 1.20. The van der Waals surface area contributed by atoms with Crippen LogP contribution in [0.5, 0.6) is 0 Å². The number of halogens is 1. The molecule has 0 N–H and O–H groups in total. The van der Waals surface area contributed by atoms with Crippen molar-refractivity contribution in [3.8, 4) is 0 Å². The molecule has 3 fully saturated rings. The Morgan fingerprint density at radius 2 is 1.45 bits per heavy atom. The fourth-order valence-electron chi connectivity index (χ4n) is 2.45. The minimum atomic E-state index is 0.0533. The lowest BCUT2D eigenvalue weighted by Crippen LogP contribution is -2.41. The van der Waals surface area contributed by atoms with Crippen molar-refractivity contribution in [3.05, 3.63) is 0 Å². The lowest BCUT2D eigenvalue weighted by Gasteiger charge is -2.49. The molecule has 11 heavy (non-hydrogen) atoms. The van der Waals surface area contributed by atoms with Crippen LogP contribution in [0.15, 0.2) is 0 Å². The van der Waals surface area contributed by atoms with Crippen LogP contribution in [0.25, 0.3) is 0 Å². The molecule has 0 saturated heterocycles. The van der Waals surface area contributed by atoms with E-state index < -0.39 is 0 Å².